The van der Waals surface area contributed by atoms with Gasteiger partial charge in [-0.15, -0.1) is 0 Å². The molecule has 4 heteroatoms. The molecular formula is C21H30N2O2+2. The van der Waals surface area contributed by atoms with E-state index in [-0.39, 0.29) is 0 Å². The van der Waals surface area contributed by atoms with Crippen LogP contribution in [0.5, 0.6) is 11.5 Å². The average Bonchev–Trinajstić information content (AvgIpc) is 2.63. The Labute approximate surface area is 151 Å². The number of hydrogen-bond donors (Lipinski definition) is 2. The van der Waals surface area contributed by atoms with Crippen molar-refractivity contribution in [2.45, 2.75) is 20.0 Å². The molecule has 0 spiro atoms. The molecular weight excluding hydrogens is 312 g/mol. The molecule has 2 N–H and O–H groups in total. The lowest BCUT2D eigenvalue weighted by Crippen LogP contribution is -3.27. The third-order valence-electron chi connectivity index (χ3n) is 5.14. The fraction of sp³-hybridized carbons (Fsp3) is 0.429. The van der Waals surface area contributed by atoms with Crippen LogP contribution in [0.3, 0.4) is 0 Å². The molecule has 134 valence electrons. The van der Waals surface area contributed by atoms with E-state index in [0.29, 0.717) is 0 Å². The zero-order valence-electron chi connectivity index (χ0n) is 15.6. The lowest BCUT2D eigenvalue weighted by Gasteiger charge is -2.30. The summed E-state index contributed by atoms with van der Waals surface area (Å²) in [5.74, 6) is 1.78. The molecule has 1 fully saturated rings. The van der Waals surface area contributed by atoms with Gasteiger partial charge in [0.2, 0.25) is 0 Å². The van der Waals surface area contributed by atoms with E-state index in [1.165, 1.54) is 42.9 Å². The minimum atomic E-state index is 0.850. The van der Waals surface area contributed by atoms with Gasteiger partial charge in [-0.2, -0.15) is 0 Å². The molecule has 1 heterocycles. The maximum Gasteiger partial charge on any atom is 0.131 e. The highest BCUT2D eigenvalue weighted by atomic mass is 16.5. The first-order valence-corrected chi connectivity index (χ1v) is 9.11. The lowest BCUT2D eigenvalue weighted by atomic mass is 10.1. The molecule has 0 bridgehead atoms. The van der Waals surface area contributed by atoms with E-state index < -0.39 is 0 Å². The molecule has 2 aromatic rings. The highest BCUT2D eigenvalue weighted by Crippen LogP contribution is 2.23. The third-order valence-corrected chi connectivity index (χ3v) is 5.14. The van der Waals surface area contributed by atoms with Crippen molar-refractivity contribution >= 4 is 0 Å². The molecule has 1 saturated heterocycles. The monoisotopic (exact) mass is 342 g/mol. The standard InChI is InChI=1S/C21H28N2O2/c1-17-5-4-6-18(13-17)15-22-9-11-23(12-10-22)16-19-7-8-20(24-2)14-21(19)25-3/h4-8,13-14H,9-12,15-16H2,1-3H3/p+2. The van der Waals surface area contributed by atoms with Gasteiger partial charge in [-0.05, 0) is 19.1 Å². The van der Waals surface area contributed by atoms with Crippen LogP contribution in [-0.4, -0.2) is 40.4 Å². The van der Waals surface area contributed by atoms with Gasteiger partial charge in [0, 0.05) is 17.2 Å². The number of nitrogens with one attached hydrogen (secondary N) is 2. The van der Waals surface area contributed by atoms with Crippen molar-refractivity contribution in [3.63, 3.8) is 0 Å². The van der Waals surface area contributed by atoms with Gasteiger partial charge in [0.15, 0.2) is 0 Å². The largest absolute Gasteiger partial charge is 0.497 e. The summed E-state index contributed by atoms with van der Waals surface area (Å²) in [4.78, 5) is 3.33. The molecule has 0 amide bonds. The van der Waals surface area contributed by atoms with Crippen LogP contribution in [0, 0.1) is 6.92 Å². The van der Waals surface area contributed by atoms with E-state index in [0.717, 1.165) is 24.6 Å². The average molecular weight is 342 g/mol. The van der Waals surface area contributed by atoms with Gasteiger partial charge in [0.25, 0.3) is 0 Å². The Morgan fingerprint density at radius 1 is 0.840 bits per heavy atom. The molecule has 0 unspecified atom stereocenters. The van der Waals surface area contributed by atoms with E-state index in [2.05, 4.69) is 37.3 Å². The van der Waals surface area contributed by atoms with Crippen molar-refractivity contribution in [1.82, 2.24) is 0 Å². The first-order chi connectivity index (χ1) is 12.2. The maximum atomic E-state index is 5.54. The number of methoxy groups -OCH3 is 2. The molecule has 0 atom stereocenters. The summed E-state index contributed by atoms with van der Waals surface area (Å²) < 4.78 is 10.8. The number of piperazine rings is 1. The van der Waals surface area contributed by atoms with Crippen molar-refractivity contribution in [3.8, 4) is 11.5 Å². The van der Waals surface area contributed by atoms with Gasteiger partial charge in [-0.25, -0.2) is 0 Å². The Morgan fingerprint density at radius 3 is 2.20 bits per heavy atom. The number of hydrogen-bond acceptors (Lipinski definition) is 2. The van der Waals surface area contributed by atoms with E-state index in [9.17, 15) is 0 Å². The smallest absolute Gasteiger partial charge is 0.131 e. The fourth-order valence-corrected chi connectivity index (χ4v) is 3.69. The zero-order chi connectivity index (χ0) is 17.6. The molecule has 2 aromatic carbocycles. The fourth-order valence-electron chi connectivity index (χ4n) is 3.69. The van der Waals surface area contributed by atoms with Crippen molar-refractivity contribution in [3.05, 3.63) is 59.2 Å². The summed E-state index contributed by atoms with van der Waals surface area (Å²) >= 11 is 0. The van der Waals surface area contributed by atoms with E-state index in [1.807, 2.05) is 12.1 Å². The first-order valence-electron chi connectivity index (χ1n) is 9.11. The number of rotatable bonds is 6. The summed E-state index contributed by atoms with van der Waals surface area (Å²) in [7, 11) is 3.42. The van der Waals surface area contributed by atoms with Crippen LogP contribution in [-0.2, 0) is 13.1 Å². The quantitative estimate of drug-likeness (QED) is 0.800. The van der Waals surface area contributed by atoms with Crippen LogP contribution in [0.25, 0.3) is 0 Å². The lowest BCUT2D eigenvalue weighted by molar-refractivity contribution is -1.02. The number of aryl methyl sites for hydroxylation is 1. The van der Waals surface area contributed by atoms with Crippen LogP contribution in [0.15, 0.2) is 42.5 Å². The highest BCUT2D eigenvalue weighted by molar-refractivity contribution is 5.40. The molecule has 25 heavy (non-hydrogen) atoms. The molecule has 0 aliphatic carbocycles. The molecule has 0 saturated carbocycles. The van der Waals surface area contributed by atoms with Gasteiger partial charge in [-0.1, -0.05) is 29.8 Å². The SMILES string of the molecule is COc1ccc(C[NH+]2CC[NH+](Cc3cccc(C)c3)CC2)c(OC)c1. The summed E-state index contributed by atoms with van der Waals surface area (Å²) in [6.45, 7) is 9.19. The second-order valence-corrected chi connectivity index (χ2v) is 7.02. The maximum absolute atomic E-state index is 5.54. The normalized spacial score (nSPS) is 20.3. The van der Waals surface area contributed by atoms with Gasteiger partial charge >= 0.3 is 0 Å². The molecule has 4 nitrogen and oxygen atoms in total. The Balaban J connectivity index is 1.54. The van der Waals surface area contributed by atoms with E-state index in [1.54, 1.807) is 24.0 Å². The van der Waals surface area contributed by atoms with Gasteiger partial charge in [-0.3, -0.25) is 0 Å². The summed E-state index contributed by atoms with van der Waals surface area (Å²) in [5.41, 5.74) is 4.07. The topological polar surface area (TPSA) is 27.3 Å². The Kier molecular flexibility index (Phi) is 5.95. The number of quaternary nitrogens is 2. The predicted molar refractivity (Wildman–Crippen MR) is 99.5 cm³/mol. The summed E-state index contributed by atoms with van der Waals surface area (Å²) in [5, 5.41) is 0. The van der Waals surface area contributed by atoms with E-state index >= 15 is 0 Å². The minimum absolute atomic E-state index is 0.850. The summed E-state index contributed by atoms with van der Waals surface area (Å²) in [6.07, 6.45) is 0. The molecule has 1 aliphatic heterocycles. The van der Waals surface area contributed by atoms with Gasteiger partial charge < -0.3 is 19.3 Å². The molecule has 0 aromatic heterocycles. The summed E-state index contributed by atoms with van der Waals surface area (Å²) in [6, 6.07) is 15.0. The minimum Gasteiger partial charge on any atom is -0.497 e. The Morgan fingerprint density at radius 2 is 1.56 bits per heavy atom. The second kappa shape index (κ2) is 8.37. The number of ether oxygens (including phenoxy) is 2. The molecule has 3 rings (SSSR count). The zero-order valence-corrected chi connectivity index (χ0v) is 15.6. The second-order valence-electron chi connectivity index (χ2n) is 7.02. The van der Waals surface area contributed by atoms with Crippen LogP contribution in [0.4, 0.5) is 0 Å². The van der Waals surface area contributed by atoms with Crippen LogP contribution < -0.4 is 19.3 Å². The first kappa shape index (κ1) is 17.8. The van der Waals surface area contributed by atoms with Crippen molar-refractivity contribution in [1.29, 1.82) is 0 Å². The molecule has 1 aliphatic rings. The van der Waals surface area contributed by atoms with Crippen molar-refractivity contribution in [2.24, 2.45) is 0 Å². The number of benzene rings is 2. The third kappa shape index (κ3) is 4.74. The van der Waals surface area contributed by atoms with Crippen molar-refractivity contribution < 1.29 is 19.3 Å². The Hall–Kier alpha value is -2.04. The van der Waals surface area contributed by atoms with E-state index in [4.69, 9.17) is 9.47 Å². The van der Waals surface area contributed by atoms with Crippen LogP contribution in [0.1, 0.15) is 16.7 Å². The Bertz CT molecular complexity index is 694. The molecule has 0 radical (unpaired) electrons. The van der Waals surface area contributed by atoms with Crippen molar-refractivity contribution in [2.75, 3.05) is 40.4 Å². The van der Waals surface area contributed by atoms with Gasteiger partial charge in [0.1, 0.15) is 50.8 Å². The highest BCUT2D eigenvalue weighted by Gasteiger charge is 2.24. The van der Waals surface area contributed by atoms with Crippen LogP contribution in [0.2, 0.25) is 0 Å². The van der Waals surface area contributed by atoms with Gasteiger partial charge in [0.05, 0.1) is 14.2 Å². The van der Waals surface area contributed by atoms with Crippen LogP contribution >= 0.6 is 0 Å². The predicted octanol–water partition coefficient (Wildman–Crippen LogP) is 0.496.